The van der Waals surface area contributed by atoms with E-state index in [0.29, 0.717) is 11.3 Å². The van der Waals surface area contributed by atoms with E-state index in [-0.39, 0.29) is 52.4 Å². The van der Waals surface area contributed by atoms with Gasteiger partial charge in [0.15, 0.2) is 0 Å². The highest BCUT2D eigenvalue weighted by Gasteiger charge is 2.23. The summed E-state index contributed by atoms with van der Waals surface area (Å²) < 4.78 is 64.1. The second kappa shape index (κ2) is 12.5. The van der Waals surface area contributed by atoms with Crippen LogP contribution in [0.3, 0.4) is 0 Å². The van der Waals surface area contributed by atoms with E-state index in [4.69, 9.17) is 21.1 Å². The summed E-state index contributed by atoms with van der Waals surface area (Å²) in [6, 6.07) is 7.36. The SMILES string of the molecule is CCOC(=O)c1cc2nc(Nc3cc(CNC(=O)C(C)(C)C)ccc3Cl)n(CC(F)F)c2cc1OCC(F)F. The zero-order valence-electron chi connectivity index (χ0n) is 21.8. The molecule has 0 aliphatic heterocycles. The molecule has 1 aromatic heterocycles. The predicted molar refractivity (Wildman–Crippen MR) is 139 cm³/mol. The van der Waals surface area contributed by atoms with Gasteiger partial charge in [0.2, 0.25) is 11.9 Å². The standard InChI is InChI=1S/C26H29ClF4N4O4/c1-5-38-23(36)15-9-18-19(10-20(15)39-13-22(30)31)35(12-21(28)29)25(34-18)33-17-8-14(6-7-16(17)27)11-32-24(37)26(2,3)4/h6-10,21-22H,5,11-13H2,1-4H3,(H,32,37)(H,33,34). The average molecular weight is 573 g/mol. The van der Waals surface area contributed by atoms with E-state index in [1.807, 2.05) is 0 Å². The number of carbonyl (C=O) groups excluding carboxylic acids is 2. The molecule has 1 amide bonds. The Hall–Kier alpha value is -3.54. The van der Waals surface area contributed by atoms with E-state index < -0.39 is 37.4 Å². The number of fused-ring (bicyclic) bond motifs is 1. The van der Waals surface area contributed by atoms with Gasteiger partial charge in [0.25, 0.3) is 12.9 Å². The maximum atomic E-state index is 13.6. The van der Waals surface area contributed by atoms with Gasteiger partial charge in [-0.1, -0.05) is 38.4 Å². The maximum absolute atomic E-state index is 13.6. The highest BCUT2D eigenvalue weighted by molar-refractivity contribution is 6.33. The molecule has 8 nitrogen and oxygen atoms in total. The zero-order valence-corrected chi connectivity index (χ0v) is 22.5. The molecule has 39 heavy (non-hydrogen) atoms. The van der Waals surface area contributed by atoms with Crippen molar-refractivity contribution in [1.82, 2.24) is 14.9 Å². The van der Waals surface area contributed by atoms with Gasteiger partial charge in [-0.15, -0.1) is 0 Å². The molecule has 0 atom stereocenters. The van der Waals surface area contributed by atoms with Gasteiger partial charge in [-0.05, 0) is 30.7 Å². The molecule has 13 heteroatoms. The fourth-order valence-electron chi connectivity index (χ4n) is 3.56. The Kier molecular flexibility index (Phi) is 9.65. The number of hydrogen-bond donors (Lipinski definition) is 2. The second-order valence-corrected chi connectivity index (χ2v) is 9.98. The minimum Gasteiger partial charge on any atom is -0.487 e. The molecule has 0 radical (unpaired) electrons. The molecule has 0 aliphatic rings. The normalized spacial score (nSPS) is 11.8. The molecule has 2 aromatic carbocycles. The van der Waals surface area contributed by atoms with Crippen molar-refractivity contribution in [3.63, 3.8) is 0 Å². The van der Waals surface area contributed by atoms with E-state index in [1.54, 1.807) is 45.9 Å². The summed E-state index contributed by atoms with van der Waals surface area (Å²) in [5.74, 6) is -1.29. The molecule has 3 rings (SSSR count). The average Bonchev–Trinajstić information content (AvgIpc) is 3.17. The predicted octanol–water partition coefficient (Wildman–Crippen LogP) is 6.18. The zero-order chi connectivity index (χ0) is 28.9. The first-order valence-corrected chi connectivity index (χ1v) is 12.4. The van der Waals surface area contributed by atoms with Gasteiger partial charge in [-0.2, -0.15) is 0 Å². The number of nitrogens with zero attached hydrogens (tertiary/aromatic N) is 2. The van der Waals surface area contributed by atoms with Crippen LogP contribution < -0.4 is 15.4 Å². The van der Waals surface area contributed by atoms with Crippen molar-refractivity contribution < 1.29 is 36.6 Å². The first-order valence-electron chi connectivity index (χ1n) is 12.0. The molecular formula is C26H29ClF4N4O4. The van der Waals surface area contributed by atoms with Crippen molar-refractivity contribution in [1.29, 1.82) is 0 Å². The fraction of sp³-hybridized carbons (Fsp3) is 0.423. The van der Waals surface area contributed by atoms with Crippen molar-refractivity contribution in [3.05, 3.63) is 46.5 Å². The van der Waals surface area contributed by atoms with Crippen LogP contribution in [0.25, 0.3) is 11.0 Å². The molecule has 3 aromatic rings. The second-order valence-electron chi connectivity index (χ2n) is 9.57. The molecule has 0 saturated heterocycles. The quantitative estimate of drug-likeness (QED) is 0.210. The Balaban J connectivity index is 2.04. The number of alkyl halides is 4. The maximum Gasteiger partial charge on any atom is 0.341 e. The number of esters is 1. The van der Waals surface area contributed by atoms with Crippen LogP contribution in [-0.2, 0) is 22.6 Å². The van der Waals surface area contributed by atoms with E-state index >= 15 is 0 Å². The van der Waals surface area contributed by atoms with Crippen LogP contribution in [0, 0.1) is 5.41 Å². The minimum atomic E-state index is -2.83. The summed E-state index contributed by atoms with van der Waals surface area (Å²) in [6.07, 6.45) is -5.63. The van der Waals surface area contributed by atoms with Crippen LogP contribution >= 0.6 is 11.6 Å². The lowest BCUT2D eigenvalue weighted by atomic mass is 9.95. The van der Waals surface area contributed by atoms with Crippen molar-refractivity contribution >= 4 is 46.1 Å². The molecule has 0 unspecified atom stereocenters. The van der Waals surface area contributed by atoms with Gasteiger partial charge in [-0.3, -0.25) is 4.79 Å². The van der Waals surface area contributed by atoms with Gasteiger partial charge in [0, 0.05) is 18.0 Å². The Bertz CT molecular complexity index is 1340. The minimum absolute atomic E-state index is 0.0167. The van der Waals surface area contributed by atoms with Crippen LogP contribution in [0.4, 0.5) is 29.2 Å². The molecule has 2 N–H and O–H groups in total. The number of imidazole rings is 1. The molecule has 0 bridgehead atoms. The topological polar surface area (TPSA) is 94.5 Å². The van der Waals surface area contributed by atoms with Crippen LogP contribution in [0.2, 0.25) is 5.02 Å². The molecule has 0 fully saturated rings. The van der Waals surface area contributed by atoms with E-state index in [1.165, 1.54) is 12.1 Å². The van der Waals surface area contributed by atoms with Crippen LogP contribution in [0.5, 0.6) is 5.75 Å². The van der Waals surface area contributed by atoms with Gasteiger partial charge >= 0.3 is 5.97 Å². The summed E-state index contributed by atoms with van der Waals surface area (Å²) in [5.41, 5.74) is 0.476. The number of ether oxygens (including phenoxy) is 2. The number of carbonyl (C=O) groups is 2. The third-order valence-corrected chi connectivity index (χ3v) is 5.77. The number of rotatable bonds is 11. The van der Waals surface area contributed by atoms with Gasteiger partial charge < -0.3 is 24.7 Å². The van der Waals surface area contributed by atoms with Crippen molar-refractivity contribution in [2.24, 2.45) is 5.41 Å². The lowest BCUT2D eigenvalue weighted by Crippen LogP contribution is -2.34. The molecule has 0 saturated carbocycles. The van der Waals surface area contributed by atoms with Crippen molar-refractivity contribution in [2.45, 2.75) is 53.6 Å². The molecule has 1 heterocycles. The Labute approximate surface area is 227 Å². The summed E-state index contributed by atoms with van der Waals surface area (Å²) in [4.78, 5) is 29.1. The number of aromatic nitrogens is 2. The Morgan fingerprint density at radius 3 is 2.44 bits per heavy atom. The first kappa shape index (κ1) is 30.0. The lowest BCUT2D eigenvalue weighted by molar-refractivity contribution is -0.128. The third kappa shape index (κ3) is 7.75. The number of amides is 1. The van der Waals surface area contributed by atoms with Gasteiger partial charge in [-0.25, -0.2) is 27.3 Å². The summed E-state index contributed by atoms with van der Waals surface area (Å²) in [6.45, 7) is 5.31. The first-order chi connectivity index (χ1) is 18.3. The smallest absolute Gasteiger partial charge is 0.341 e. The Morgan fingerprint density at radius 1 is 1.10 bits per heavy atom. The fourth-order valence-corrected chi connectivity index (χ4v) is 3.72. The van der Waals surface area contributed by atoms with E-state index in [2.05, 4.69) is 15.6 Å². The van der Waals surface area contributed by atoms with Gasteiger partial charge in [0.05, 0.1) is 34.9 Å². The van der Waals surface area contributed by atoms with Crippen molar-refractivity contribution in [3.8, 4) is 5.75 Å². The number of hydrogen-bond acceptors (Lipinski definition) is 6. The number of halogens is 5. The largest absolute Gasteiger partial charge is 0.487 e. The van der Waals surface area contributed by atoms with E-state index in [9.17, 15) is 27.2 Å². The van der Waals surface area contributed by atoms with Crippen LogP contribution in [0.1, 0.15) is 43.6 Å². The molecule has 212 valence electrons. The number of anilines is 2. The molecular weight excluding hydrogens is 544 g/mol. The van der Waals surface area contributed by atoms with E-state index in [0.717, 1.165) is 4.57 Å². The molecule has 0 spiro atoms. The third-order valence-electron chi connectivity index (χ3n) is 5.44. The van der Waals surface area contributed by atoms with Crippen LogP contribution in [-0.4, -0.2) is 47.5 Å². The highest BCUT2D eigenvalue weighted by Crippen LogP contribution is 2.33. The van der Waals surface area contributed by atoms with Gasteiger partial charge in [0.1, 0.15) is 17.9 Å². The highest BCUT2D eigenvalue weighted by atomic mass is 35.5. The van der Waals surface area contributed by atoms with Crippen LogP contribution in [0.15, 0.2) is 30.3 Å². The summed E-state index contributed by atoms with van der Waals surface area (Å²) in [5, 5.41) is 6.01. The van der Waals surface area contributed by atoms with Crippen molar-refractivity contribution in [2.75, 3.05) is 18.5 Å². The number of benzene rings is 2. The molecule has 0 aliphatic carbocycles. The lowest BCUT2D eigenvalue weighted by Gasteiger charge is -2.18. The monoisotopic (exact) mass is 572 g/mol. The Morgan fingerprint density at radius 2 is 1.82 bits per heavy atom. The summed E-state index contributed by atoms with van der Waals surface area (Å²) in [7, 11) is 0. The summed E-state index contributed by atoms with van der Waals surface area (Å²) >= 11 is 6.35. The number of nitrogens with one attached hydrogen (secondary N) is 2.